The molecule has 12 N–H and O–H groups in total. The van der Waals surface area contributed by atoms with Crippen molar-refractivity contribution in [2.45, 2.75) is 129 Å². The number of carbonyl (C=O) groups excluding carboxylic acids is 12. The molecule has 0 spiro atoms. The van der Waals surface area contributed by atoms with Crippen molar-refractivity contribution < 1.29 is 57.5 Å². The maximum absolute atomic E-state index is 13.0. The van der Waals surface area contributed by atoms with Crippen LogP contribution < -0.4 is 44.2 Å². The number of nitrogens with zero attached hydrogens (tertiary/aromatic N) is 8. The molecule has 28 nitrogen and oxygen atoms in total. The van der Waals surface area contributed by atoms with Gasteiger partial charge in [-0.05, 0) is 122 Å². The second-order valence-electron chi connectivity index (χ2n) is 28.1. The highest BCUT2D eigenvalue weighted by Gasteiger charge is 2.40. The van der Waals surface area contributed by atoms with Crippen molar-refractivity contribution >= 4 is 93.6 Å². The lowest BCUT2D eigenvalue weighted by molar-refractivity contribution is -0.146. The quantitative estimate of drug-likeness (QED) is 0.0417. The number of primary amides is 4. The van der Waals surface area contributed by atoms with Gasteiger partial charge in [-0.3, -0.25) is 77.5 Å². The van der Waals surface area contributed by atoms with Crippen LogP contribution in [0.1, 0.15) is 193 Å². The number of aromatic nitrogens is 4. The van der Waals surface area contributed by atoms with Gasteiger partial charge in [0.25, 0.3) is 0 Å². The van der Waals surface area contributed by atoms with Crippen molar-refractivity contribution in [3.8, 4) is 0 Å². The lowest BCUT2D eigenvalue weighted by atomic mass is 9.87. The Kier molecular flexibility index (Phi) is 30.1. The van der Waals surface area contributed by atoms with Gasteiger partial charge in [0.05, 0.1) is 94.0 Å². The van der Waals surface area contributed by atoms with E-state index in [2.05, 4.69) is 68.9 Å². The van der Waals surface area contributed by atoms with E-state index in [1.54, 1.807) is 19.6 Å². The molecule has 12 amide bonds. The fourth-order valence-electron chi connectivity index (χ4n) is 14.3. The second kappa shape index (κ2) is 40.5. The number of hydrogen-bond acceptors (Lipinski definition) is 16. The van der Waals surface area contributed by atoms with Crippen LogP contribution in [0.3, 0.4) is 0 Å². The molecular formula is C84H96N16O12. The summed E-state index contributed by atoms with van der Waals surface area (Å²) < 4.78 is 0. The van der Waals surface area contributed by atoms with Crippen LogP contribution in [0.5, 0.6) is 0 Å². The number of hydrogen-bond donors (Lipinski definition) is 8. The number of nitrogens with two attached hydrogens (primary N) is 4. The highest BCUT2D eigenvalue weighted by Crippen LogP contribution is 2.39. The van der Waals surface area contributed by atoms with Crippen molar-refractivity contribution in [2.75, 3.05) is 47.4 Å². The third kappa shape index (κ3) is 22.6. The number of carbonyl (C=O) groups is 12. The summed E-state index contributed by atoms with van der Waals surface area (Å²) in [5.74, 6) is -6.46. The monoisotopic (exact) mass is 1520 g/mol. The van der Waals surface area contributed by atoms with Gasteiger partial charge in [0.1, 0.15) is 0 Å². The minimum Gasteiger partial charge on any atom is -0.366 e. The summed E-state index contributed by atoms with van der Waals surface area (Å²) in [6, 6.07) is 44.2. The normalized spacial score (nSPS) is 19.1. The van der Waals surface area contributed by atoms with Crippen LogP contribution in [-0.4, -0.2) is 137 Å². The Morgan fingerprint density at radius 3 is 0.652 bits per heavy atom. The number of benzene rings is 4. The zero-order chi connectivity index (χ0) is 80.4. The molecule has 0 saturated carbocycles. The van der Waals surface area contributed by atoms with Crippen molar-refractivity contribution in [3.63, 3.8) is 0 Å². The van der Waals surface area contributed by atoms with Crippen LogP contribution in [0.4, 0.5) is 22.7 Å². The highest BCUT2D eigenvalue weighted by molar-refractivity contribution is 6.41. The van der Waals surface area contributed by atoms with Gasteiger partial charge in [-0.25, -0.2) is 0 Å². The Bertz CT molecular complexity index is 4060. The molecule has 4 aliphatic heterocycles. The smallest absolute Gasteiger partial charge is 0.313 e. The van der Waals surface area contributed by atoms with Crippen molar-refractivity contribution in [1.29, 1.82) is 0 Å². The molecule has 0 bridgehead atoms. The van der Waals surface area contributed by atoms with E-state index in [1.807, 2.05) is 121 Å². The van der Waals surface area contributed by atoms with Crippen molar-refractivity contribution in [3.05, 3.63) is 240 Å². The fourth-order valence-corrected chi connectivity index (χ4v) is 14.3. The molecule has 4 fully saturated rings. The number of anilines is 4. The second-order valence-corrected chi connectivity index (χ2v) is 28.1. The van der Waals surface area contributed by atoms with Crippen LogP contribution >= 0.6 is 0 Å². The number of rotatable bonds is 16. The molecule has 28 heteroatoms. The Hall–Kier alpha value is -12.9. The minimum absolute atomic E-state index is 0.127. The predicted octanol–water partition coefficient (Wildman–Crippen LogP) is 10.0. The lowest BCUT2D eigenvalue weighted by Crippen LogP contribution is -2.46. The molecule has 8 aromatic rings. The van der Waals surface area contributed by atoms with Gasteiger partial charge in [-0.15, -0.1) is 0 Å². The summed E-state index contributed by atoms with van der Waals surface area (Å²) in [4.78, 5) is 170. The summed E-state index contributed by atoms with van der Waals surface area (Å²) in [7, 11) is 0. The Morgan fingerprint density at radius 2 is 0.482 bits per heavy atom. The van der Waals surface area contributed by atoms with E-state index < -0.39 is 70.9 Å². The van der Waals surface area contributed by atoms with E-state index >= 15 is 0 Å². The molecule has 4 aromatic carbocycles. The molecule has 12 rings (SSSR count). The molecule has 0 aliphatic carbocycles. The number of piperidine rings is 4. The van der Waals surface area contributed by atoms with E-state index in [9.17, 15) is 57.5 Å². The zero-order valence-corrected chi connectivity index (χ0v) is 63.2. The molecule has 8 heterocycles. The Labute approximate surface area is 650 Å². The number of pyridine rings is 4. The molecule has 112 heavy (non-hydrogen) atoms. The third-order valence-electron chi connectivity index (χ3n) is 20.7. The van der Waals surface area contributed by atoms with Crippen LogP contribution in [0.25, 0.3) is 0 Å². The first-order valence-corrected chi connectivity index (χ1v) is 37.6. The van der Waals surface area contributed by atoms with E-state index in [4.69, 9.17) is 22.9 Å². The Morgan fingerprint density at radius 1 is 0.295 bits per heavy atom. The lowest BCUT2D eigenvalue weighted by Gasteiger charge is -2.39. The molecule has 4 aromatic heterocycles. The summed E-state index contributed by atoms with van der Waals surface area (Å²) in [6.45, 7) is 10.6. The third-order valence-corrected chi connectivity index (χ3v) is 20.7. The zero-order valence-electron chi connectivity index (χ0n) is 63.2. The molecule has 584 valence electrons. The SMILES string of the molecule is CCC1CCC(c2ccccc2)N(C(=O)C(=O)Nc2cncc(C(N)=O)c2)C1.CC[C@@H]1CC[C@@H](c2ccccc2)N(C(=O)C(=O)Nc2cncc(C(N)=O)c2)C1.CC[C@@H]1CC[C@H](c2ccccc2)N(C(=O)C(=O)Nc2cncc(C(N)=O)c2)C1.CC[C@H]1CC[C@H](c2ccccc2)N(C(=O)C(=O)Nc2cncc(C(N)=O)c2)C1. The van der Waals surface area contributed by atoms with Gasteiger partial charge in [-0.2, -0.15) is 0 Å². The van der Waals surface area contributed by atoms with Crippen LogP contribution in [0.15, 0.2) is 195 Å². The number of amides is 12. The first-order valence-electron chi connectivity index (χ1n) is 37.6. The summed E-state index contributed by atoms with van der Waals surface area (Å²) >= 11 is 0. The van der Waals surface area contributed by atoms with E-state index in [0.717, 1.165) is 99.3 Å². The van der Waals surface area contributed by atoms with Gasteiger partial charge in [0.15, 0.2) is 0 Å². The van der Waals surface area contributed by atoms with E-state index in [0.29, 0.717) is 49.9 Å². The molecule has 0 radical (unpaired) electrons. The average Bonchev–Trinajstić information content (AvgIpc) is 0.821. The summed E-state index contributed by atoms with van der Waals surface area (Å²) in [5, 5.41) is 10.2. The molecule has 2 unspecified atom stereocenters. The maximum atomic E-state index is 13.0. The number of nitrogens with one attached hydrogen (secondary N) is 4. The number of likely N-dealkylation sites (tertiary alicyclic amines) is 4. The first kappa shape index (κ1) is 83.2. The predicted molar refractivity (Wildman–Crippen MR) is 421 cm³/mol. The first-order chi connectivity index (χ1) is 54.0. The summed E-state index contributed by atoms with van der Waals surface area (Å²) in [6.07, 6.45) is 21.9. The highest BCUT2D eigenvalue weighted by atomic mass is 16.2. The molecule has 4 aliphatic rings. The van der Waals surface area contributed by atoms with E-state index in [-0.39, 0.29) is 69.2 Å². The van der Waals surface area contributed by atoms with Crippen LogP contribution in [-0.2, 0) is 38.4 Å². The van der Waals surface area contributed by atoms with Gasteiger partial charge in [0, 0.05) is 51.0 Å². The maximum Gasteiger partial charge on any atom is 0.313 e. The van der Waals surface area contributed by atoms with Crippen molar-refractivity contribution in [2.24, 2.45) is 46.6 Å². The average molecular weight is 1520 g/mol. The van der Waals surface area contributed by atoms with Gasteiger partial charge >= 0.3 is 47.3 Å². The largest absolute Gasteiger partial charge is 0.366 e. The van der Waals surface area contributed by atoms with Crippen LogP contribution in [0.2, 0.25) is 0 Å². The van der Waals surface area contributed by atoms with Gasteiger partial charge in [0.2, 0.25) is 23.6 Å². The Balaban J connectivity index is 0.000000171. The summed E-state index contributed by atoms with van der Waals surface area (Å²) in [5.41, 5.74) is 26.7. The standard InChI is InChI=1S/4C21H24N4O3/c4*1-2-14-8-9-18(15-6-4-3-5-7-15)25(13-14)21(28)20(27)24-17-10-16(19(22)26)11-23-12-17/h4*3-7,10-12,14,18H,2,8-9,13H2,1H3,(H2,22,26)(H,24,27)/t2*14-,18+;14-,18-;/m101./s1. The van der Waals surface area contributed by atoms with Crippen LogP contribution in [0, 0.1) is 23.7 Å². The van der Waals surface area contributed by atoms with Gasteiger partial charge in [-0.1, -0.05) is 175 Å². The van der Waals surface area contributed by atoms with E-state index in [1.165, 1.54) is 73.8 Å². The van der Waals surface area contributed by atoms with Gasteiger partial charge < -0.3 is 63.8 Å². The molecular weight excluding hydrogens is 1430 g/mol. The fraction of sp³-hybridized carbons (Fsp3) is 0.333. The minimum atomic E-state index is -0.749. The molecule has 4 saturated heterocycles. The molecule has 8 atom stereocenters. The topological polar surface area (TPSA) is 422 Å². The van der Waals surface area contributed by atoms with Crippen molar-refractivity contribution in [1.82, 2.24) is 39.5 Å².